The summed E-state index contributed by atoms with van der Waals surface area (Å²) in [6.07, 6.45) is 8.46. The predicted octanol–water partition coefficient (Wildman–Crippen LogP) is 2.65. The van der Waals surface area contributed by atoms with Gasteiger partial charge in [0.15, 0.2) is 0 Å². The highest BCUT2D eigenvalue weighted by Gasteiger charge is 2.15. The molecular weight excluding hydrogens is 294 g/mol. The van der Waals surface area contributed by atoms with Crippen molar-refractivity contribution in [2.45, 2.75) is 57.5 Å². The molecule has 1 aromatic heterocycles. The first-order valence-corrected chi connectivity index (χ1v) is 8.46. The number of carbonyl (C=O) groups is 2. The van der Waals surface area contributed by atoms with Crippen molar-refractivity contribution < 1.29 is 14.0 Å². The third-order valence-corrected chi connectivity index (χ3v) is 4.19. The van der Waals surface area contributed by atoms with Crippen molar-refractivity contribution in [2.75, 3.05) is 13.6 Å². The fraction of sp³-hybridized carbons (Fsp3) is 0.647. The molecule has 23 heavy (non-hydrogen) atoms. The van der Waals surface area contributed by atoms with Crippen LogP contribution in [-0.4, -0.2) is 36.5 Å². The lowest BCUT2D eigenvalue weighted by atomic mass is 9.96. The molecule has 0 atom stereocenters. The average Bonchev–Trinajstić information content (AvgIpc) is 3.05. The van der Waals surface area contributed by atoms with Gasteiger partial charge in [0, 0.05) is 26.1 Å². The first-order chi connectivity index (χ1) is 11.1. The van der Waals surface area contributed by atoms with Gasteiger partial charge in [-0.3, -0.25) is 4.79 Å². The highest BCUT2D eigenvalue weighted by atomic mass is 16.3. The third kappa shape index (κ3) is 6.34. The monoisotopic (exact) mass is 321 g/mol. The minimum atomic E-state index is -0.117. The van der Waals surface area contributed by atoms with E-state index in [-0.39, 0.29) is 11.9 Å². The molecule has 1 heterocycles. The molecule has 0 aliphatic heterocycles. The van der Waals surface area contributed by atoms with Crippen LogP contribution in [0.15, 0.2) is 22.8 Å². The summed E-state index contributed by atoms with van der Waals surface area (Å²) in [5.41, 5.74) is 0. The standard InChI is InChI=1S/C17H27N3O3/c1-20(13-15-9-6-12-23-15)16(21)10-5-11-18-17(22)19-14-7-3-2-4-8-14/h6,9,12,14H,2-5,7-8,10-11,13H2,1H3,(H2,18,19,22). The number of rotatable bonds is 7. The zero-order valence-electron chi connectivity index (χ0n) is 13.8. The number of nitrogens with zero attached hydrogens (tertiary/aromatic N) is 1. The van der Waals surface area contributed by atoms with E-state index in [1.807, 2.05) is 12.1 Å². The van der Waals surface area contributed by atoms with Gasteiger partial charge >= 0.3 is 6.03 Å². The van der Waals surface area contributed by atoms with Crippen LogP contribution in [0.25, 0.3) is 0 Å². The summed E-state index contributed by atoms with van der Waals surface area (Å²) in [6.45, 7) is 0.986. The zero-order chi connectivity index (χ0) is 16.5. The summed E-state index contributed by atoms with van der Waals surface area (Å²) in [5.74, 6) is 0.821. The minimum Gasteiger partial charge on any atom is -0.467 e. The Morgan fingerprint density at radius 1 is 1.30 bits per heavy atom. The second kappa shape index (κ2) is 9.22. The van der Waals surface area contributed by atoms with E-state index in [2.05, 4.69) is 10.6 Å². The number of urea groups is 1. The molecule has 3 amide bonds. The fourth-order valence-electron chi connectivity index (χ4n) is 2.84. The van der Waals surface area contributed by atoms with Crippen LogP contribution in [0.5, 0.6) is 0 Å². The van der Waals surface area contributed by atoms with Crippen LogP contribution < -0.4 is 10.6 Å². The Kier molecular flexibility index (Phi) is 6.97. The van der Waals surface area contributed by atoms with Crippen LogP contribution in [0.1, 0.15) is 50.7 Å². The van der Waals surface area contributed by atoms with Crippen LogP contribution in [0, 0.1) is 0 Å². The summed E-state index contributed by atoms with van der Waals surface area (Å²) < 4.78 is 5.22. The predicted molar refractivity (Wildman–Crippen MR) is 87.8 cm³/mol. The lowest BCUT2D eigenvalue weighted by molar-refractivity contribution is -0.130. The highest BCUT2D eigenvalue weighted by Crippen LogP contribution is 2.17. The summed E-state index contributed by atoms with van der Waals surface area (Å²) in [4.78, 5) is 25.4. The lowest BCUT2D eigenvalue weighted by Crippen LogP contribution is -2.43. The van der Waals surface area contributed by atoms with E-state index in [4.69, 9.17) is 4.42 Å². The van der Waals surface area contributed by atoms with Crippen LogP contribution >= 0.6 is 0 Å². The Bertz CT molecular complexity index is 481. The van der Waals surface area contributed by atoms with Gasteiger partial charge < -0.3 is 20.0 Å². The Hall–Kier alpha value is -1.98. The van der Waals surface area contributed by atoms with Gasteiger partial charge in [-0.05, 0) is 31.4 Å². The summed E-state index contributed by atoms with van der Waals surface area (Å²) >= 11 is 0. The number of amides is 3. The van der Waals surface area contributed by atoms with Crippen molar-refractivity contribution in [2.24, 2.45) is 0 Å². The van der Waals surface area contributed by atoms with E-state index in [1.165, 1.54) is 19.3 Å². The van der Waals surface area contributed by atoms with Gasteiger partial charge in [0.1, 0.15) is 5.76 Å². The molecule has 0 aromatic carbocycles. The molecule has 0 saturated heterocycles. The van der Waals surface area contributed by atoms with Crippen LogP contribution in [-0.2, 0) is 11.3 Å². The van der Waals surface area contributed by atoms with E-state index in [0.717, 1.165) is 18.6 Å². The molecular formula is C17H27N3O3. The Morgan fingerprint density at radius 2 is 2.09 bits per heavy atom. The van der Waals surface area contributed by atoms with Crippen molar-refractivity contribution in [1.82, 2.24) is 15.5 Å². The maximum atomic E-state index is 12.0. The van der Waals surface area contributed by atoms with Gasteiger partial charge in [0.05, 0.1) is 12.8 Å². The Morgan fingerprint density at radius 3 is 2.78 bits per heavy atom. The van der Waals surface area contributed by atoms with Gasteiger partial charge in [-0.25, -0.2) is 4.79 Å². The molecule has 6 nitrogen and oxygen atoms in total. The van der Waals surface area contributed by atoms with Gasteiger partial charge in [-0.2, -0.15) is 0 Å². The van der Waals surface area contributed by atoms with Crippen molar-refractivity contribution in [3.63, 3.8) is 0 Å². The summed E-state index contributed by atoms with van der Waals surface area (Å²) in [6, 6.07) is 3.85. The molecule has 2 rings (SSSR count). The molecule has 2 N–H and O–H groups in total. The SMILES string of the molecule is CN(Cc1ccco1)C(=O)CCCNC(=O)NC1CCCCC1. The molecule has 1 aliphatic carbocycles. The molecule has 1 fully saturated rings. The van der Waals surface area contributed by atoms with Crippen LogP contribution in [0.2, 0.25) is 0 Å². The van der Waals surface area contributed by atoms with Gasteiger partial charge in [0.25, 0.3) is 0 Å². The molecule has 0 spiro atoms. The number of hydrogen-bond donors (Lipinski definition) is 2. The summed E-state index contributed by atoms with van der Waals surface area (Å²) in [5, 5.41) is 5.83. The van der Waals surface area contributed by atoms with E-state index in [9.17, 15) is 9.59 Å². The van der Waals surface area contributed by atoms with E-state index < -0.39 is 0 Å². The molecule has 0 bridgehead atoms. The number of hydrogen-bond acceptors (Lipinski definition) is 3. The van der Waals surface area contributed by atoms with Crippen molar-refractivity contribution >= 4 is 11.9 Å². The van der Waals surface area contributed by atoms with Crippen LogP contribution in [0.3, 0.4) is 0 Å². The molecule has 1 aromatic rings. The molecule has 0 radical (unpaired) electrons. The maximum absolute atomic E-state index is 12.0. The normalized spacial score (nSPS) is 15.2. The average molecular weight is 321 g/mol. The first kappa shape index (κ1) is 17.4. The van der Waals surface area contributed by atoms with E-state index >= 15 is 0 Å². The smallest absolute Gasteiger partial charge is 0.315 e. The zero-order valence-corrected chi connectivity index (χ0v) is 13.8. The quantitative estimate of drug-likeness (QED) is 0.758. The number of nitrogens with one attached hydrogen (secondary N) is 2. The van der Waals surface area contributed by atoms with Crippen LogP contribution in [0.4, 0.5) is 4.79 Å². The minimum absolute atomic E-state index is 0.0517. The largest absolute Gasteiger partial charge is 0.467 e. The second-order valence-electron chi connectivity index (χ2n) is 6.17. The van der Waals surface area contributed by atoms with Crippen molar-refractivity contribution in [1.29, 1.82) is 0 Å². The fourth-order valence-corrected chi connectivity index (χ4v) is 2.84. The number of furan rings is 1. The van der Waals surface area contributed by atoms with Crippen molar-refractivity contribution in [3.05, 3.63) is 24.2 Å². The van der Waals surface area contributed by atoms with Gasteiger partial charge in [-0.15, -0.1) is 0 Å². The molecule has 1 aliphatic rings. The van der Waals surface area contributed by atoms with Gasteiger partial charge in [-0.1, -0.05) is 19.3 Å². The Labute approximate surface area is 137 Å². The van der Waals surface area contributed by atoms with E-state index in [1.54, 1.807) is 18.2 Å². The second-order valence-corrected chi connectivity index (χ2v) is 6.17. The summed E-state index contributed by atoms with van der Waals surface area (Å²) in [7, 11) is 1.76. The van der Waals surface area contributed by atoms with Gasteiger partial charge in [0.2, 0.25) is 5.91 Å². The third-order valence-electron chi connectivity index (χ3n) is 4.19. The Balaban J connectivity index is 1.55. The molecule has 0 unspecified atom stereocenters. The lowest BCUT2D eigenvalue weighted by Gasteiger charge is -2.22. The topological polar surface area (TPSA) is 74.6 Å². The number of carbonyl (C=O) groups excluding carboxylic acids is 2. The van der Waals surface area contributed by atoms with Crippen molar-refractivity contribution in [3.8, 4) is 0 Å². The molecule has 6 heteroatoms. The first-order valence-electron chi connectivity index (χ1n) is 8.46. The maximum Gasteiger partial charge on any atom is 0.315 e. The van der Waals surface area contributed by atoms with E-state index in [0.29, 0.717) is 32.0 Å². The molecule has 1 saturated carbocycles. The molecule has 128 valence electrons. The highest BCUT2D eigenvalue weighted by molar-refractivity contribution is 5.76.